The Kier molecular flexibility index (Phi) is 3.20. The molecule has 5 rings (SSSR count). The fraction of sp³-hybridized carbons (Fsp3) is 0.684. The number of rotatable bonds is 2. The van der Waals surface area contributed by atoms with Crippen molar-refractivity contribution in [1.29, 1.82) is 0 Å². The van der Waals surface area contributed by atoms with E-state index in [1.165, 1.54) is 0 Å². The number of carboxylic acid groups (broad SMARTS) is 1. The lowest BCUT2D eigenvalue weighted by atomic mass is 9.49. The van der Waals surface area contributed by atoms with Gasteiger partial charge in [0.1, 0.15) is 6.10 Å². The fourth-order valence-electron chi connectivity index (χ4n) is 6.23. The predicted molar refractivity (Wildman–Crippen MR) is 85.8 cm³/mol. The van der Waals surface area contributed by atoms with Crippen LogP contribution in [-0.2, 0) is 19.1 Å². The van der Waals surface area contributed by atoms with Crippen molar-refractivity contribution in [3.8, 4) is 0 Å². The number of carboxylic acids is 1. The number of aliphatic hydroxyl groups is 1. The summed E-state index contributed by atoms with van der Waals surface area (Å²) in [5.74, 6) is -2.45. The summed E-state index contributed by atoms with van der Waals surface area (Å²) in [5, 5.41) is 20.1. The van der Waals surface area contributed by atoms with Crippen LogP contribution in [0.3, 0.4) is 0 Å². The zero-order valence-electron chi connectivity index (χ0n) is 14.5. The van der Waals surface area contributed by atoms with Crippen molar-refractivity contribution in [2.45, 2.75) is 56.5 Å². The first kappa shape index (κ1) is 16.3. The van der Waals surface area contributed by atoms with Gasteiger partial charge in [-0.1, -0.05) is 6.92 Å². The molecule has 26 heavy (non-hydrogen) atoms. The van der Waals surface area contributed by atoms with Crippen LogP contribution in [0.5, 0.6) is 0 Å². The Labute approximate surface area is 150 Å². The van der Waals surface area contributed by atoms with Crippen molar-refractivity contribution in [2.75, 3.05) is 0 Å². The van der Waals surface area contributed by atoms with E-state index in [1.54, 1.807) is 12.5 Å². The molecule has 1 spiro atoms. The number of esters is 1. The SMILES string of the molecule is C[C@@]12C[C@H](c3ccoc3)O[C@]13C[C@H](OC3=O)[C@@H]1[C@H]2C[C@@H](O)C[C@H]1C(=O)O. The van der Waals surface area contributed by atoms with Crippen LogP contribution in [0.25, 0.3) is 0 Å². The minimum absolute atomic E-state index is 0.144. The van der Waals surface area contributed by atoms with Gasteiger partial charge in [-0.3, -0.25) is 4.79 Å². The van der Waals surface area contributed by atoms with E-state index in [4.69, 9.17) is 13.9 Å². The third-order valence-electron chi connectivity index (χ3n) is 7.41. The molecule has 7 heteroatoms. The van der Waals surface area contributed by atoms with Gasteiger partial charge >= 0.3 is 11.9 Å². The Morgan fingerprint density at radius 3 is 2.81 bits per heavy atom. The summed E-state index contributed by atoms with van der Waals surface area (Å²) >= 11 is 0. The van der Waals surface area contributed by atoms with E-state index in [2.05, 4.69) is 0 Å². The van der Waals surface area contributed by atoms with Gasteiger partial charge in [-0.15, -0.1) is 0 Å². The van der Waals surface area contributed by atoms with Gasteiger partial charge in [0.15, 0.2) is 5.60 Å². The molecule has 1 aromatic heterocycles. The molecule has 2 N–H and O–H groups in total. The van der Waals surface area contributed by atoms with Crippen LogP contribution >= 0.6 is 0 Å². The van der Waals surface area contributed by atoms with E-state index >= 15 is 0 Å². The first-order valence-corrected chi connectivity index (χ1v) is 9.17. The number of aliphatic carboxylic acids is 1. The van der Waals surface area contributed by atoms with Crippen molar-refractivity contribution in [3.63, 3.8) is 0 Å². The molecule has 4 aliphatic rings. The van der Waals surface area contributed by atoms with Crippen LogP contribution in [0, 0.1) is 23.2 Å². The minimum Gasteiger partial charge on any atom is -0.481 e. The molecule has 0 amide bonds. The maximum Gasteiger partial charge on any atom is 0.339 e. The highest BCUT2D eigenvalue weighted by molar-refractivity contribution is 5.85. The topological polar surface area (TPSA) is 106 Å². The highest BCUT2D eigenvalue weighted by Gasteiger charge is 2.76. The maximum absolute atomic E-state index is 12.9. The summed E-state index contributed by atoms with van der Waals surface area (Å²) in [7, 11) is 0. The normalized spacial score (nSPS) is 49.4. The van der Waals surface area contributed by atoms with Gasteiger partial charge in [0.2, 0.25) is 0 Å². The summed E-state index contributed by atoms with van der Waals surface area (Å²) in [4.78, 5) is 24.8. The number of aliphatic hydroxyl groups excluding tert-OH is 1. The Balaban J connectivity index is 1.61. The minimum atomic E-state index is -1.07. The molecular weight excluding hydrogens is 340 g/mol. The molecule has 2 aliphatic carbocycles. The second kappa shape index (κ2) is 5.10. The molecule has 0 unspecified atom stereocenters. The van der Waals surface area contributed by atoms with Crippen molar-refractivity contribution in [1.82, 2.24) is 0 Å². The fourth-order valence-corrected chi connectivity index (χ4v) is 6.23. The largest absolute Gasteiger partial charge is 0.481 e. The average molecular weight is 362 g/mol. The standard InChI is InChI=1S/C19H22O7/c1-18-6-13(9-2-3-24-8-9)26-19(18)7-14(25-17(19)23)15-11(16(21)22)4-10(20)5-12(15)18/h2-3,8,10-15,20H,4-7H2,1H3,(H,21,22)/t10-,11+,12+,13+,14-,15-,18-,19-/m0/s1. The van der Waals surface area contributed by atoms with Crippen LogP contribution in [0.4, 0.5) is 0 Å². The average Bonchev–Trinajstić information content (AvgIpc) is 3.27. The van der Waals surface area contributed by atoms with Crippen LogP contribution in [0.1, 0.15) is 44.3 Å². The molecular formula is C19H22O7. The lowest BCUT2D eigenvalue weighted by Gasteiger charge is -2.53. The molecule has 0 aromatic carbocycles. The molecule has 2 bridgehead atoms. The molecule has 2 aliphatic heterocycles. The van der Waals surface area contributed by atoms with Gasteiger partial charge in [0.25, 0.3) is 0 Å². The summed E-state index contributed by atoms with van der Waals surface area (Å²) in [5.41, 5.74) is -0.784. The van der Waals surface area contributed by atoms with Gasteiger partial charge < -0.3 is 24.1 Å². The first-order chi connectivity index (χ1) is 12.4. The Morgan fingerprint density at radius 2 is 2.12 bits per heavy atom. The third kappa shape index (κ3) is 1.85. The second-order valence-electron chi connectivity index (χ2n) is 8.51. The van der Waals surface area contributed by atoms with Crippen molar-refractivity contribution in [2.24, 2.45) is 23.2 Å². The Hall–Kier alpha value is -1.86. The molecule has 1 aromatic rings. The quantitative estimate of drug-likeness (QED) is 0.774. The molecule has 4 fully saturated rings. The zero-order chi connectivity index (χ0) is 18.3. The molecule has 3 heterocycles. The van der Waals surface area contributed by atoms with Gasteiger partial charge in [-0.05, 0) is 31.2 Å². The summed E-state index contributed by atoms with van der Waals surface area (Å²) in [6.45, 7) is 2.00. The van der Waals surface area contributed by atoms with Crippen LogP contribution < -0.4 is 0 Å². The second-order valence-corrected chi connectivity index (χ2v) is 8.51. The van der Waals surface area contributed by atoms with Crippen molar-refractivity contribution < 1.29 is 33.7 Å². The lowest BCUT2D eigenvalue weighted by molar-refractivity contribution is -0.174. The summed E-state index contributed by atoms with van der Waals surface area (Å²) in [6.07, 6.45) is 3.39. The molecule has 140 valence electrons. The summed E-state index contributed by atoms with van der Waals surface area (Å²) < 4.78 is 17.2. The van der Waals surface area contributed by atoms with E-state index in [9.17, 15) is 19.8 Å². The number of furan rings is 1. The number of carbonyl (C=O) groups excluding carboxylic acids is 1. The number of fused-ring (bicyclic) bond motifs is 4. The maximum atomic E-state index is 12.9. The number of hydrogen-bond donors (Lipinski definition) is 2. The molecule has 7 nitrogen and oxygen atoms in total. The van der Waals surface area contributed by atoms with Gasteiger partial charge in [-0.25, -0.2) is 4.79 Å². The van der Waals surface area contributed by atoms with E-state index in [1.807, 2.05) is 13.0 Å². The van der Waals surface area contributed by atoms with E-state index < -0.39 is 35.1 Å². The monoisotopic (exact) mass is 362 g/mol. The zero-order valence-corrected chi connectivity index (χ0v) is 14.5. The van der Waals surface area contributed by atoms with Crippen LogP contribution in [-0.4, -0.2) is 40.0 Å². The molecule has 8 atom stereocenters. The Bertz CT molecular complexity index is 758. The molecule has 2 saturated carbocycles. The highest BCUT2D eigenvalue weighted by atomic mass is 16.6. The van der Waals surface area contributed by atoms with Gasteiger partial charge in [0.05, 0.1) is 30.7 Å². The van der Waals surface area contributed by atoms with Crippen LogP contribution in [0.15, 0.2) is 23.0 Å². The summed E-state index contributed by atoms with van der Waals surface area (Å²) in [6, 6.07) is 1.83. The third-order valence-corrected chi connectivity index (χ3v) is 7.41. The van der Waals surface area contributed by atoms with Crippen molar-refractivity contribution >= 4 is 11.9 Å². The van der Waals surface area contributed by atoms with E-state index in [-0.39, 0.29) is 30.3 Å². The molecule has 0 radical (unpaired) electrons. The number of hydrogen-bond acceptors (Lipinski definition) is 6. The van der Waals surface area contributed by atoms with E-state index in [0.717, 1.165) is 5.56 Å². The van der Waals surface area contributed by atoms with Gasteiger partial charge in [0, 0.05) is 23.3 Å². The number of ether oxygens (including phenoxy) is 2. The van der Waals surface area contributed by atoms with Crippen LogP contribution in [0.2, 0.25) is 0 Å². The van der Waals surface area contributed by atoms with E-state index in [0.29, 0.717) is 19.3 Å². The number of carbonyl (C=O) groups is 2. The first-order valence-electron chi connectivity index (χ1n) is 9.17. The smallest absolute Gasteiger partial charge is 0.339 e. The lowest BCUT2D eigenvalue weighted by Crippen LogP contribution is -2.60. The predicted octanol–water partition coefficient (Wildman–Crippen LogP) is 1.90. The van der Waals surface area contributed by atoms with Gasteiger partial charge in [-0.2, -0.15) is 0 Å². The Morgan fingerprint density at radius 1 is 1.31 bits per heavy atom. The highest BCUT2D eigenvalue weighted by Crippen LogP contribution is 2.68. The molecule has 2 saturated heterocycles. The van der Waals surface area contributed by atoms with Crippen molar-refractivity contribution in [3.05, 3.63) is 24.2 Å².